The van der Waals surface area contributed by atoms with E-state index in [0.29, 0.717) is 17.2 Å². The van der Waals surface area contributed by atoms with Gasteiger partial charge in [0.1, 0.15) is 11.6 Å². The van der Waals surface area contributed by atoms with Crippen LogP contribution < -0.4 is 16.0 Å². The van der Waals surface area contributed by atoms with Gasteiger partial charge in [-0.3, -0.25) is 11.3 Å². The van der Waals surface area contributed by atoms with Crippen molar-refractivity contribution in [3.05, 3.63) is 29.6 Å². The Bertz CT molecular complexity index is 408. The van der Waals surface area contributed by atoms with E-state index < -0.39 is 0 Å². The summed E-state index contributed by atoms with van der Waals surface area (Å²) in [4.78, 5) is 0. The van der Waals surface area contributed by atoms with Crippen LogP contribution >= 0.6 is 0 Å². The van der Waals surface area contributed by atoms with Gasteiger partial charge in [-0.1, -0.05) is 6.07 Å². The van der Waals surface area contributed by atoms with Crippen LogP contribution in [0.2, 0.25) is 0 Å². The Labute approximate surface area is 113 Å². The first-order chi connectivity index (χ1) is 9.24. The van der Waals surface area contributed by atoms with Gasteiger partial charge in [0, 0.05) is 30.9 Å². The van der Waals surface area contributed by atoms with Crippen LogP contribution in [0.5, 0.6) is 5.75 Å². The lowest BCUT2D eigenvalue weighted by atomic mass is 9.89. The van der Waals surface area contributed by atoms with Crippen molar-refractivity contribution in [2.75, 3.05) is 20.3 Å². The summed E-state index contributed by atoms with van der Waals surface area (Å²) in [6.45, 7) is 1.57. The van der Waals surface area contributed by atoms with Crippen molar-refractivity contribution in [3.63, 3.8) is 0 Å². The smallest absolute Gasteiger partial charge is 0.131 e. The number of hydrogen-bond donors (Lipinski definition) is 2. The second-order valence-electron chi connectivity index (χ2n) is 4.90. The molecule has 0 aliphatic carbocycles. The highest BCUT2D eigenvalue weighted by Gasteiger charge is 2.22. The molecular weight excluding hydrogens is 247 g/mol. The molecule has 1 atom stereocenters. The summed E-state index contributed by atoms with van der Waals surface area (Å²) in [6.07, 6.45) is 2.84. The number of methoxy groups -OCH3 is 1. The second-order valence-corrected chi connectivity index (χ2v) is 4.90. The van der Waals surface area contributed by atoms with E-state index in [1.165, 1.54) is 13.2 Å². The van der Waals surface area contributed by atoms with Crippen molar-refractivity contribution >= 4 is 0 Å². The predicted octanol–water partition coefficient (Wildman–Crippen LogP) is 2.16. The Morgan fingerprint density at radius 2 is 2.21 bits per heavy atom. The number of halogens is 1. The summed E-state index contributed by atoms with van der Waals surface area (Å²) in [6, 6.07) is 4.71. The zero-order valence-electron chi connectivity index (χ0n) is 11.2. The molecule has 0 radical (unpaired) electrons. The first kappa shape index (κ1) is 14.2. The molecule has 1 unspecified atom stereocenters. The van der Waals surface area contributed by atoms with E-state index in [2.05, 4.69) is 5.43 Å². The van der Waals surface area contributed by atoms with Gasteiger partial charge >= 0.3 is 0 Å². The van der Waals surface area contributed by atoms with E-state index in [4.69, 9.17) is 15.3 Å². The fraction of sp³-hybridized carbons (Fsp3) is 0.571. The predicted molar refractivity (Wildman–Crippen MR) is 71.2 cm³/mol. The molecule has 0 spiro atoms. The standard InChI is InChI=1S/C14H21FN2O2/c1-18-11-2-3-12(13(15)9-11)14(17-16)8-10-4-6-19-7-5-10/h2-3,9-10,14,17H,4-8,16H2,1H3. The van der Waals surface area contributed by atoms with E-state index in [1.807, 2.05) is 0 Å². The van der Waals surface area contributed by atoms with E-state index >= 15 is 0 Å². The SMILES string of the molecule is COc1ccc(C(CC2CCOCC2)NN)c(F)c1. The molecule has 1 fully saturated rings. The molecule has 0 aromatic heterocycles. The average molecular weight is 268 g/mol. The number of benzene rings is 1. The largest absolute Gasteiger partial charge is 0.497 e. The van der Waals surface area contributed by atoms with Crippen LogP contribution in [-0.2, 0) is 4.74 Å². The molecule has 0 saturated carbocycles. The average Bonchev–Trinajstić information content (AvgIpc) is 2.46. The molecular formula is C14H21FN2O2. The fourth-order valence-corrected chi connectivity index (χ4v) is 2.52. The summed E-state index contributed by atoms with van der Waals surface area (Å²) >= 11 is 0. The summed E-state index contributed by atoms with van der Waals surface area (Å²) in [5.41, 5.74) is 3.31. The number of rotatable bonds is 5. The molecule has 5 heteroatoms. The van der Waals surface area contributed by atoms with Crippen molar-refractivity contribution in [1.29, 1.82) is 0 Å². The molecule has 1 heterocycles. The Kier molecular flexibility index (Phi) is 5.13. The van der Waals surface area contributed by atoms with Gasteiger partial charge in [0.15, 0.2) is 0 Å². The molecule has 3 N–H and O–H groups in total. The summed E-state index contributed by atoms with van der Waals surface area (Å²) < 4.78 is 24.4. The van der Waals surface area contributed by atoms with Crippen LogP contribution in [0.15, 0.2) is 18.2 Å². The van der Waals surface area contributed by atoms with Gasteiger partial charge in [0.05, 0.1) is 7.11 Å². The minimum atomic E-state index is -0.283. The van der Waals surface area contributed by atoms with E-state index in [9.17, 15) is 4.39 Å². The lowest BCUT2D eigenvalue weighted by Gasteiger charge is -2.26. The van der Waals surface area contributed by atoms with Gasteiger partial charge in [0.25, 0.3) is 0 Å². The first-order valence-electron chi connectivity index (χ1n) is 6.62. The zero-order chi connectivity index (χ0) is 13.7. The van der Waals surface area contributed by atoms with Crippen LogP contribution in [-0.4, -0.2) is 20.3 Å². The highest BCUT2D eigenvalue weighted by molar-refractivity contribution is 5.30. The van der Waals surface area contributed by atoms with Crippen LogP contribution in [0.3, 0.4) is 0 Å². The maximum Gasteiger partial charge on any atom is 0.131 e. The molecule has 0 bridgehead atoms. The maximum absolute atomic E-state index is 14.0. The molecule has 1 saturated heterocycles. The second kappa shape index (κ2) is 6.84. The zero-order valence-corrected chi connectivity index (χ0v) is 11.2. The van der Waals surface area contributed by atoms with Gasteiger partial charge < -0.3 is 9.47 Å². The normalized spacial score (nSPS) is 18.3. The van der Waals surface area contributed by atoms with Crippen molar-refractivity contribution in [3.8, 4) is 5.75 Å². The van der Waals surface area contributed by atoms with Gasteiger partial charge in [-0.2, -0.15) is 0 Å². The van der Waals surface area contributed by atoms with Crippen molar-refractivity contribution in [2.24, 2.45) is 11.8 Å². The molecule has 19 heavy (non-hydrogen) atoms. The van der Waals surface area contributed by atoms with Gasteiger partial charge in [0.2, 0.25) is 0 Å². The number of ether oxygens (including phenoxy) is 2. The van der Waals surface area contributed by atoms with Gasteiger partial charge in [-0.05, 0) is 31.2 Å². The Morgan fingerprint density at radius 1 is 1.47 bits per heavy atom. The topological polar surface area (TPSA) is 56.5 Å². The van der Waals surface area contributed by atoms with Gasteiger partial charge in [-0.25, -0.2) is 4.39 Å². The van der Waals surface area contributed by atoms with E-state index in [0.717, 1.165) is 32.5 Å². The monoisotopic (exact) mass is 268 g/mol. The molecule has 4 nitrogen and oxygen atoms in total. The van der Waals surface area contributed by atoms with Crippen LogP contribution in [0, 0.1) is 11.7 Å². The van der Waals surface area contributed by atoms with Crippen LogP contribution in [0.1, 0.15) is 30.9 Å². The molecule has 106 valence electrons. The highest BCUT2D eigenvalue weighted by atomic mass is 19.1. The molecule has 1 aliphatic heterocycles. The Balaban J connectivity index is 2.07. The Morgan fingerprint density at radius 3 is 2.79 bits per heavy atom. The summed E-state index contributed by atoms with van der Waals surface area (Å²) in [5.74, 6) is 6.34. The minimum Gasteiger partial charge on any atom is -0.497 e. The lowest BCUT2D eigenvalue weighted by molar-refractivity contribution is 0.0604. The molecule has 2 rings (SSSR count). The molecule has 1 aromatic carbocycles. The van der Waals surface area contributed by atoms with Crippen LogP contribution in [0.4, 0.5) is 4.39 Å². The third kappa shape index (κ3) is 3.65. The fourth-order valence-electron chi connectivity index (χ4n) is 2.52. The summed E-state index contributed by atoms with van der Waals surface area (Å²) in [7, 11) is 1.52. The third-order valence-electron chi connectivity index (χ3n) is 3.69. The number of hydrogen-bond acceptors (Lipinski definition) is 4. The first-order valence-corrected chi connectivity index (χ1v) is 6.62. The number of nitrogens with one attached hydrogen (secondary N) is 1. The summed E-state index contributed by atoms with van der Waals surface area (Å²) in [5, 5.41) is 0. The quantitative estimate of drug-likeness (QED) is 0.634. The van der Waals surface area contributed by atoms with Crippen molar-refractivity contribution in [1.82, 2.24) is 5.43 Å². The van der Waals surface area contributed by atoms with Crippen molar-refractivity contribution in [2.45, 2.75) is 25.3 Å². The number of hydrazine groups is 1. The maximum atomic E-state index is 14.0. The minimum absolute atomic E-state index is 0.172. The molecule has 1 aromatic rings. The van der Waals surface area contributed by atoms with E-state index in [1.54, 1.807) is 12.1 Å². The van der Waals surface area contributed by atoms with Crippen LogP contribution in [0.25, 0.3) is 0 Å². The molecule has 1 aliphatic rings. The number of nitrogens with two attached hydrogens (primary N) is 1. The highest BCUT2D eigenvalue weighted by Crippen LogP contribution is 2.29. The Hall–Kier alpha value is -1.17. The van der Waals surface area contributed by atoms with Gasteiger partial charge in [-0.15, -0.1) is 0 Å². The van der Waals surface area contributed by atoms with Crippen molar-refractivity contribution < 1.29 is 13.9 Å². The third-order valence-corrected chi connectivity index (χ3v) is 3.69. The van der Waals surface area contributed by atoms with E-state index in [-0.39, 0.29) is 11.9 Å². The molecule has 0 amide bonds. The lowest BCUT2D eigenvalue weighted by Crippen LogP contribution is -2.31.